The molecule has 2 atom stereocenters. The number of ether oxygens (including phenoxy) is 1. The number of rotatable bonds is 2. The molecule has 0 aromatic rings. The molecule has 1 aliphatic carbocycles. The van der Waals surface area contributed by atoms with Gasteiger partial charge in [-0.15, -0.1) is 0 Å². The summed E-state index contributed by atoms with van der Waals surface area (Å²) in [6.07, 6.45) is 3.67. The standard InChI is InChI=1S/C11H17NO2/c1-3-14-11(13)10-7(2)8-5-4-6-9(8)12-10/h8-9,12H,3-6H2,1-2H3. The Kier molecular flexibility index (Phi) is 2.48. The zero-order chi connectivity index (χ0) is 10.1. The number of esters is 1. The van der Waals surface area contributed by atoms with Gasteiger partial charge < -0.3 is 10.1 Å². The van der Waals surface area contributed by atoms with E-state index in [9.17, 15) is 4.79 Å². The summed E-state index contributed by atoms with van der Waals surface area (Å²) in [5.74, 6) is 0.397. The van der Waals surface area contributed by atoms with Gasteiger partial charge >= 0.3 is 5.97 Å². The van der Waals surface area contributed by atoms with Crippen molar-refractivity contribution in [3.63, 3.8) is 0 Å². The quantitative estimate of drug-likeness (QED) is 0.680. The fraction of sp³-hybridized carbons (Fsp3) is 0.727. The first-order chi connectivity index (χ1) is 6.74. The first-order valence-corrected chi connectivity index (χ1v) is 5.38. The average Bonchev–Trinajstić information content (AvgIpc) is 2.69. The molecule has 0 aromatic heterocycles. The largest absolute Gasteiger partial charge is 0.461 e. The third kappa shape index (κ3) is 1.41. The summed E-state index contributed by atoms with van der Waals surface area (Å²) in [5.41, 5.74) is 1.92. The number of nitrogens with one attached hydrogen (secondary N) is 1. The Morgan fingerprint density at radius 2 is 2.36 bits per heavy atom. The van der Waals surface area contributed by atoms with Crippen LogP contribution in [-0.2, 0) is 9.53 Å². The summed E-state index contributed by atoms with van der Waals surface area (Å²) in [4.78, 5) is 11.5. The van der Waals surface area contributed by atoms with Crippen molar-refractivity contribution in [3.8, 4) is 0 Å². The monoisotopic (exact) mass is 195 g/mol. The van der Waals surface area contributed by atoms with Crippen molar-refractivity contribution in [3.05, 3.63) is 11.3 Å². The second-order valence-electron chi connectivity index (χ2n) is 4.07. The lowest BCUT2D eigenvalue weighted by atomic mass is 9.98. The van der Waals surface area contributed by atoms with E-state index in [1.165, 1.54) is 24.8 Å². The van der Waals surface area contributed by atoms with E-state index in [-0.39, 0.29) is 5.97 Å². The molecule has 0 aromatic carbocycles. The third-order valence-corrected chi connectivity index (χ3v) is 3.28. The van der Waals surface area contributed by atoms with Crippen LogP contribution >= 0.6 is 0 Å². The van der Waals surface area contributed by atoms with Gasteiger partial charge in [-0.05, 0) is 32.3 Å². The normalized spacial score (nSPS) is 30.1. The summed E-state index contributed by atoms with van der Waals surface area (Å²) < 4.78 is 5.00. The minimum absolute atomic E-state index is 0.181. The lowest BCUT2D eigenvalue weighted by molar-refractivity contribution is -0.138. The molecule has 0 radical (unpaired) electrons. The predicted octanol–water partition coefficient (Wildman–Crippen LogP) is 1.60. The Balaban J connectivity index is 2.12. The highest BCUT2D eigenvalue weighted by atomic mass is 16.5. The van der Waals surface area contributed by atoms with Crippen LogP contribution in [0.15, 0.2) is 11.3 Å². The van der Waals surface area contributed by atoms with Crippen molar-refractivity contribution < 1.29 is 9.53 Å². The number of hydrogen-bond donors (Lipinski definition) is 1. The van der Waals surface area contributed by atoms with Gasteiger partial charge in [-0.1, -0.05) is 6.42 Å². The van der Waals surface area contributed by atoms with Gasteiger partial charge in [-0.3, -0.25) is 0 Å². The van der Waals surface area contributed by atoms with Crippen molar-refractivity contribution in [2.45, 2.75) is 39.2 Å². The molecule has 0 amide bonds. The molecular formula is C11H17NO2. The molecule has 0 bridgehead atoms. The molecule has 78 valence electrons. The molecule has 3 heteroatoms. The summed E-state index contributed by atoms with van der Waals surface area (Å²) in [6, 6.07) is 0.495. The van der Waals surface area contributed by atoms with Gasteiger partial charge in [0.1, 0.15) is 5.70 Å². The molecule has 2 aliphatic rings. The van der Waals surface area contributed by atoms with Gasteiger partial charge in [0.25, 0.3) is 0 Å². The first kappa shape index (κ1) is 9.56. The van der Waals surface area contributed by atoms with Crippen molar-refractivity contribution in [2.24, 2.45) is 5.92 Å². The van der Waals surface area contributed by atoms with Crippen LogP contribution < -0.4 is 5.32 Å². The highest BCUT2D eigenvalue weighted by Crippen LogP contribution is 2.37. The second-order valence-corrected chi connectivity index (χ2v) is 4.07. The Morgan fingerprint density at radius 3 is 3.00 bits per heavy atom. The molecule has 1 aliphatic heterocycles. The maximum absolute atomic E-state index is 11.5. The zero-order valence-electron chi connectivity index (χ0n) is 8.80. The van der Waals surface area contributed by atoms with E-state index in [1.807, 2.05) is 6.92 Å². The highest BCUT2D eigenvalue weighted by molar-refractivity contribution is 5.89. The van der Waals surface area contributed by atoms with Gasteiger partial charge in [0.15, 0.2) is 0 Å². The first-order valence-electron chi connectivity index (χ1n) is 5.38. The topological polar surface area (TPSA) is 38.3 Å². The lowest BCUT2D eigenvalue weighted by Gasteiger charge is -2.10. The Labute approximate surface area is 84.5 Å². The molecule has 1 heterocycles. The molecule has 2 rings (SSSR count). The van der Waals surface area contributed by atoms with E-state index in [1.54, 1.807) is 0 Å². The maximum atomic E-state index is 11.5. The highest BCUT2D eigenvalue weighted by Gasteiger charge is 2.38. The fourth-order valence-corrected chi connectivity index (χ4v) is 2.56. The van der Waals surface area contributed by atoms with Crippen LogP contribution in [0.3, 0.4) is 0 Å². The van der Waals surface area contributed by atoms with E-state index < -0.39 is 0 Å². The Hall–Kier alpha value is -0.990. The number of carbonyl (C=O) groups excluding carboxylic acids is 1. The molecule has 14 heavy (non-hydrogen) atoms. The molecule has 1 fully saturated rings. The van der Waals surface area contributed by atoms with E-state index in [0.29, 0.717) is 18.6 Å². The van der Waals surface area contributed by atoms with Gasteiger partial charge in [-0.25, -0.2) is 4.79 Å². The molecule has 3 nitrogen and oxygen atoms in total. The second kappa shape index (κ2) is 3.64. The van der Waals surface area contributed by atoms with Gasteiger partial charge in [-0.2, -0.15) is 0 Å². The van der Waals surface area contributed by atoms with Crippen molar-refractivity contribution in [1.82, 2.24) is 5.32 Å². The predicted molar refractivity (Wildman–Crippen MR) is 53.6 cm³/mol. The van der Waals surface area contributed by atoms with Crippen LogP contribution in [0.5, 0.6) is 0 Å². The van der Waals surface area contributed by atoms with Crippen LogP contribution in [-0.4, -0.2) is 18.6 Å². The Morgan fingerprint density at radius 1 is 1.57 bits per heavy atom. The SMILES string of the molecule is CCOC(=O)C1=C(C)C2CCCC2N1. The number of carbonyl (C=O) groups is 1. The van der Waals surface area contributed by atoms with E-state index in [0.717, 1.165) is 5.70 Å². The molecule has 1 N–H and O–H groups in total. The minimum Gasteiger partial charge on any atom is -0.461 e. The van der Waals surface area contributed by atoms with E-state index in [4.69, 9.17) is 4.74 Å². The van der Waals surface area contributed by atoms with Crippen LogP contribution in [0.1, 0.15) is 33.1 Å². The van der Waals surface area contributed by atoms with Crippen molar-refractivity contribution in [2.75, 3.05) is 6.61 Å². The molecule has 1 saturated carbocycles. The van der Waals surface area contributed by atoms with Crippen LogP contribution in [0.25, 0.3) is 0 Å². The van der Waals surface area contributed by atoms with Crippen molar-refractivity contribution in [1.29, 1.82) is 0 Å². The summed E-state index contributed by atoms with van der Waals surface area (Å²) in [5, 5.41) is 3.29. The summed E-state index contributed by atoms with van der Waals surface area (Å²) in [6.45, 7) is 4.34. The molecule has 0 spiro atoms. The Bertz CT molecular complexity index is 283. The molecule has 0 saturated heterocycles. The smallest absolute Gasteiger partial charge is 0.354 e. The lowest BCUT2D eigenvalue weighted by Crippen LogP contribution is -2.27. The van der Waals surface area contributed by atoms with Crippen LogP contribution in [0, 0.1) is 5.92 Å². The van der Waals surface area contributed by atoms with Crippen LogP contribution in [0.2, 0.25) is 0 Å². The van der Waals surface area contributed by atoms with E-state index in [2.05, 4.69) is 12.2 Å². The summed E-state index contributed by atoms with van der Waals surface area (Å²) >= 11 is 0. The number of fused-ring (bicyclic) bond motifs is 1. The van der Waals surface area contributed by atoms with E-state index >= 15 is 0 Å². The van der Waals surface area contributed by atoms with Gasteiger partial charge in [0.05, 0.1) is 6.61 Å². The fourth-order valence-electron chi connectivity index (χ4n) is 2.56. The van der Waals surface area contributed by atoms with Crippen LogP contribution in [0.4, 0.5) is 0 Å². The molecule has 2 unspecified atom stereocenters. The maximum Gasteiger partial charge on any atom is 0.354 e. The minimum atomic E-state index is -0.181. The summed E-state index contributed by atoms with van der Waals surface area (Å²) in [7, 11) is 0. The zero-order valence-corrected chi connectivity index (χ0v) is 8.80. The van der Waals surface area contributed by atoms with Gasteiger partial charge in [0, 0.05) is 12.0 Å². The number of hydrogen-bond acceptors (Lipinski definition) is 3. The van der Waals surface area contributed by atoms with Gasteiger partial charge in [0.2, 0.25) is 0 Å². The van der Waals surface area contributed by atoms with Crippen molar-refractivity contribution >= 4 is 5.97 Å². The third-order valence-electron chi connectivity index (χ3n) is 3.28. The average molecular weight is 195 g/mol. The molecular weight excluding hydrogens is 178 g/mol.